The van der Waals surface area contributed by atoms with Crippen molar-refractivity contribution in [3.63, 3.8) is 0 Å². The van der Waals surface area contributed by atoms with Crippen LogP contribution in [0.2, 0.25) is 0 Å². The maximum absolute atomic E-state index is 12.0. The van der Waals surface area contributed by atoms with Gasteiger partial charge in [0, 0.05) is 12.7 Å². The number of thioether (sulfide) groups is 1. The number of ether oxygens (including phenoxy) is 2. The van der Waals surface area contributed by atoms with Gasteiger partial charge in [0.15, 0.2) is 11.8 Å². The number of hydrogen-bond donors (Lipinski definition) is 0. The predicted octanol–water partition coefficient (Wildman–Crippen LogP) is 1.79. The molecule has 6 nitrogen and oxygen atoms in total. The summed E-state index contributed by atoms with van der Waals surface area (Å²) in [6.07, 6.45) is -0.626. The van der Waals surface area contributed by atoms with Crippen LogP contribution in [0.15, 0.2) is 30.3 Å². The number of nitrogens with zero attached hydrogens (tertiary/aromatic N) is 1. The third kappa shape index (κ3) is 4.22. The van der Waals surface area contributed by atoms with Gasteiger partial charge in [0.2, 0.25) is 0 Å². The maximum atomic E-state index is 12.0. The first-order valence-electron chi connectivity index (χ1n) is 6.35. The van der Waals surface area contributed by atoms with Gasteiger partial charge in [0.1, 0.15) is 12.6 Å². The number of esters is 1. The first kappa shape index (κ1) is 15.4. The molecule has 1 aromatic rings. The number of benzene rings is 1. The maximum Gasteiger partial charge on any atom is 0.413 e. The number of amides is 1. The SMILES string of the molecule is CC(=O)SCC1C(=O)OCN1C(=O)OCc1ccccc1. The molecule has 1 saturated heterocycles. The lowest BCUT2D eigenvalue weighted by Crippen LogP contribution is -2.40. The van der Waals surface area contributed by atoms with Gasteiger partial charge in [0.25, 0.3) is 0 Å². The zero-order chi connectivity index (χ0) is 15.2. The van der Waals surface area contributed by atoms with E-state index in [4.69, 9.17) is 9.47 Å². The predicted molar refractivity (Wildman–Crippen MR) is 76.4 cm³/mol. The quantitative estimate of drug-likeness (QED) is 0.790. The number of rotatable bonds is 4. The summed E-state index contributed by atoms with van der Waals surface area (Å²) in [4.78, 5) is 35.7. The van der Waals surface area contributed by atoms with Crippen LogP contribution < -0.4 is 0 Å². The van der Waals surface area contributed by atoms with Gasteiger partial charge < -0.3 is 9.47 Å². The van der Waals surface area contributed by atoms with E-state index in [1.54, 1.807) is 0 Å². The van der Waals surface area contributed by atoms with E-state index in [1.165, 1.54) is 11.8 Å². The molecular formula is C14H15NO5S. The molecule has 1 unspecified atom stereocenters. The fourth-order valence-electron chi connectivity index (χ4n) is 1.78. The van der Waals surface area contributed by atoms with Gasteiger partial charge in [-0.1, -0.05) is 42.1 Å². The molecule has 7 heteroatoms. The summed E-state index contributed by atoms with van der Waals surface area (Å²) in [5.41, 5.74) is 0.854. The van der Waals surface area contributed by atoms with Crippen LogP contribution in [0.4, 0.5) is 4.79 Å². The third-order valence-corrected chi connectivity index (χ3v) is 3.77. The molecule has 1 fully saturated rings. The van der Waals surface area contributed by atoms with Crippen LogP contribution in [0.1, 0.15) is 12.5 Å². The molecule has 21 heavy (non-hydrogen) atoms. The Hall–Kier alpha value is -2.02. The van der Waals surface area contributed by atoms with E-state index in [0.29, 0.717) is 0 Å². The minimum absolute atomic E-state index is 0.118. The summed E-state index contributed by atoms with van der Waals surface area (Å²) in [6, 6.07) is 8.45. The second kappa shape index (κ2) is 7.12. The fraction of sp³-hybridized carbons (Fsp3) is 0.357. The van der Waals surface area contributed by atoms with Crippen LogP contribution in [0, 0.1) is 0 Å². The molecule has 1 atom stereocenters. The zero-order valence-corrected chi connectivity index (χ0v) is 12.3. The van der Waals surface area contributed by atoms with Crippen molar-refractivity contribution < 1.29 is 23.9 Å². The zero-order valence-electron chi connectivity index (χ0n) is 11.5. The molecule has 0 spiro atoms. The Morgan fingerprint density at radius 2 is 2.10 bits per heavy atom. The van der Waals surface area contributed by atoms with Crippen molar-refractivity contribution >= 4 is 28.9 Å². The van der Waals surface area contributed by atoms with Gasteiger partial charge in [0.05, 0.1) is 0 Å². The molecule has 112 valence electrons. The van der Waals surface area contributed by atoms with Crippen LogP contribution in [0.25, 0.3) is 0 Å². The second-order valence-corrected chi connectivity index (χ2v) is 5.62. The van der Waals surface area contributed by atoms with Crippen molar-refractivity contribution in [1.29, 1.82) is 0 Å². The molecule has 0 saturated carbocycles. The number of carbonyl (C=O) groups excluding carboxylic acids is 3. The van der Waals surface area contributed by atoms with Crippen molar-refractivity contribution in [3.8, 4) is 0 Å². The molecule has 2 rings (SSSR count). The van der Waals surface area contributed by atoms with Gasteiger partial charge in [-0.25, -0.2) is 9.59 Å². The van der Waals surface area contributed by atoms with Gasteiger partial charge in [-0.2, -0.15) is 0 Å². The normalized spacial score (nSPS) is 17.5. The molecule has 0 radical (unpaired) electrons. The highest BCUT2D eigenvalue weighted by atomic mass is 32.2. The van der Waals surface area contributed by atoms with Gasteiger partial charge in [-0.15, -0.1) is 0 Å². The number of hydrogen-bond acceptors (Lipinski definition) is 6. The van der Waals surface area contributed by atoms with Gasteiger partial charge in [-0.05, 0) is 5.56 Å². The van der Waals surface area contributed by atoms with E-state index in [0.717, 1.165) is 17.3 Å². The summed E-state index contributed by atoms with van der Waals surface area (Å²) in [5.74, 6) is -0.338. The molecule has 1 heterocycles. The molecule has 1 aliphatic heterocycles. The minimum Gasteiger partial charge on any atom is -0.444 e. The van der Waals surface area contributed by atoms with E-state index in [2.05, 4.69) is 0 Å². The lowest BCUT2D eigenvalue weighted by molar-refractivity contribution is -0.138. The van der Waals surface area contributed by atoms with E-state index in [9.17, 15) is 14.4 Å². The summed E-state index contributed by atoms with van der Waals surface area (Å²) >= 11 is 0.979. The van der Waals surface area contributed by atoms with E-state index < -0.39 is 18.1 Å². The Labute approximate surface area is 126 Å². The van der Waals surface area contributed by atoms with E-state index >= 15 is 0 Å². The Morgan fingerprint density at radius 1 is 1.38 bits per heavy atom. The number of carbonyl (C=O) groups is 3. The highest BCUT2D eigenvalue weighted by Crippen LogP contribution is 2.18. The molecule has 1 amide bonds. The van der Waals surface area contributed by atoms with Crippen molar-refractivity contribution in [3.05, 3.63) is 35.9 Å². The highest BCUT2D eigenvalue weighted by Gasteiger charge is 2.38. The fourth-order valence-corrected chi connectivity index (χ4v) is 2.49. The highest BCUT2D eigenvalue weighted by molar-refractivity contribution is 8.13. The molecule has 0 bridgehead atoms. The Kier molecular flexibility index (Phi) is 5.21. The monoisotopic (exact) mass is 309 g/mol. The topological polar surface area (TPSA) is 72.9 Å². The van der Waals surface area contributed by atoms with Crippen LogP contribution in [0.3, 0.4) is 0 Å². The summed E-state index contributed by atoms with van der Waals surface area (Å²) < 4.78 is 10.0. The molecule has 0 aliphatic carbocycles. The van der Waals surface area contributed by atoms with Gasteiger partial charge in [-0.3, -0.25) is 9.69 Å². The van der Waals surface area contributed by atoms with Crippen molar-refractivity contribution in [2.45, 2.75) is 19.6 Å². The first-order valence-corrected chi connectivity index (χ1v) is 7.34. The van der Waals surface area contributed by atoms with Crippen molar-refractivity contribution in [2.24, 2.45) is 0 Å². The summed E-state index contributed by atoms with van der Waals surface area (Å²) in [6.45, 7) is 1.38. The van der Waals surface area contributed by atoms with E-state index in [-0.39, 0.29) is 24.2 Å². The average molecular weight is 309 g/mol. The van der Waals surface area contributed by atoms with E-state index in [1.807, 2.05) is 30.3 Å². The molecular weight excluding hydrogens is 294 g/mol. The molecule has 1 aliphatic rings. The van der Waals surface area contributed by atoms with Crippen LogP contribution in [-0.2, 0) is 25.7 Å². The molecule has 1 aromatic carbocycles. The van der Waals surface area contributed by atoms with Crippen LogP contribution in [0.5, 0.6) is 0 Å². The first-order chi connectivity index (χ1) is 10.1. The number of cyclic esters (lactones) is 1. The average Bonchev–Trinajstić information content (AvgIpc) is 2.85. The van der Waals surface area contributed by atoms with Crippen LogP contribution in [-0.4, -0.2) is 40.6 Å². The van der Waals surface area contributed by atoms with Crippen LogP contribution >= 0.6 is 11.8 Å². The van der Waals surface area contributed by atoms with Crippen molar-refractivity contribution in [2.75, 3.05) is 12.5 Å². The smallest absolute Gasteiger partial charge is 0.413 e. The lowest BCUT2D eigenvalue weighted by atomic mass is 10.2. The molecule has 0 N–H and O–H groups in total. The Bertz CT molecular complexity index is 533. The van der Waals surface area contributed by atoms with Gasteiger partial charge >= 0.3 is 12.1 Å². The standard InChI is InChI=1S/C14H15NO5S/c1-10(16)21-8-12-13(17)20-9-15(12)14(18)19-7-11-5-3-2-4-6-11/h2-6,12H,7-9H2,1H3. The Balaban J connectivity index is 1.91. The minimum atomic E-state index is -0.776. The summed E-state index contributed by atoms with van der Waals surface area (Å²) in [5, 5.41) is -0.118. The second-order valence-electron chi connectivity index (χ2n) is 4.42. The van der Waals surface area contributed by atoms with Crippen molar-refractivity contribution in [1.82, 2.24) is 4.90 Å². The third-order valence-electron chi connectivity index (χ3n) is 2.88. The lowest BCUT2D eigenvalue weighted by Gasteiger charge is -2.19. The summed E-state index contributed by atoms with van der Waals surface area (Å²) in [7, 11) is 0. The largest absolute Gasteiger partial charge is 0.444 e. The Morgan fingerprint density at radius 3 is 2.76 bits per heavy atom. The molecule has 0 aromatic heterocycles.